The lowest BCUT2D eigenvalue weighted by molar-refractivity contribution is -0.161. The molecule has 0 amide bonds. The standard InChI is InChI=1S/C56H93O11P/c1-4-7-10-13-16-19-22-24-25-26-27-29-31-33-36-39-42-45-54(58)63-49-53(67-56(60)47-44-41-38-35-32-28-23-20-17-14-11-8-5-2)51-65-68(61,62)64-50-52(48-57)66-55(59)46-43-40-37-34-30-21-18-15-12-9-6-3/h7-8,10-11,16-17,19-20,24-25,27-29,32,38,41,52-53,57H,4-6,9,12-15,18,21-23,26,30-31,33-37,39-40,42-51H2,1-3H3,(H,61,62)/b10-7-,11-8-,19-16-,20-17-,25-24-,29-27-,32-28-,41-38-. The number of hydrogen-bond donors (Lipinski definition) is 2. The minimum Gasteiger partial charge on any atom is -0.462 e. The fraction of sp³-hybridized carbons (Fsp3) is 0.661. The van der Waals surface area contributed by atoms with Gasteiger partial charge in [0.15, 0.2) is 6.10 Å². The first-order chi connectivity index (χ1) is 33.2. The van der Waals surface area contributed by atoms with Crippen LogP contribution in [0.3, 0.4) is 0 Å². The lowest BCUT2D eigenvalue weighted by atomic mass is 10.1. The summed E-state index contributed by atoms with van der Waals surface area (Å²) < 4.78 is 39.2. The van der Waals surface area contributed by atoms with E-state index < -0.39 is 57.8 Å². The molecule has 0 saturated heterocycles. The number of carbonyl (C=O) groups is 3. The van der Waals surface area contributed by atoms with Crippen molar-refractivity contribution in [3.63, 3.8) is 0 Å². The average Bonchev–Trinajstić information content (AvgIpc) is 3.32. The molecule has 12 heteroatoms. The molecule has 68 heavy (non-hydrogen) atoms. The highest BCUT2D eigenvalue weighted by Gasteiger charge is 2.28. The molecule has 0 spiro atoms. The smallest absolute Gasteiger partial charge is 0.462 e. The first kappa shape index (κ1) is 64.4. The van der Waals surface area contributed by atoms with E-state index in [1.807, 2.05) is 12.2 Å². The van der Waals surface area contributed by atoms with Crippen molar-refractivity contribution in [2.75, 3.05) is 26.4 Å². The molecule has 0 aromatic heterocycles. The highest BCUT2D eigenvalue weighted by atomic mass is 31.2. The van der Waals surface area contributed by atoms with Crippen molar-refractivity contribution in [1.82, 2.24) is 0 Å². The van der Waals surface area contributed by atoms with Crippen LogP contribution in [0, 0.1) is 0 Å². The summed E-state index contributed by atoms with van der Waals surface area (Å²) in [5, 5.41) is 9.76. The van der Waals surface area contributed by atoms with E-state index in [0.717, 1.165) is 96.3 Å². The van der Waals surface area contributed by atoms with Gasteiger partial charge in [-0.2, -0.15) is 0 Å². The van der Waals surface area contributed by atoms with Crippen LogP contribution in [-0.2, 0) is 42.2 Å². The van der Waals surface area contributed by atoms with Crippen LogP contribution in [0.2, 0.25) is 0 Å². The molecule has 0 saturated carbocycles. The number of unbranched alkanes of at least 4 members (excludes halogenated alkanes) is 14. The predicted molar refractivity (Wildman–Crippen MR) is 279 cm³/mol. The maximum absolute atomic E-state index is 12.8. The van der Waals surface area contributed by atoms with E-state index in [2.05, 4.69) is 106 Å². The topological polar surface area (TPSA) is 155 Å². The zero-order valence-electron chi connectivity index (χ0n) is 42.5. The Labute approximate surface area is 412 Å². The van der Waals surface area contributed by atoms with Crippen molar-refractivity contribution in [2.24, 2.45) is 0 Å². The molecule has 0 aliphatic rings. The van der Waals surface area contributed by atoms with E-state index in [9.17, 15) is 28.9 Å². The SMILES string of the molecule is CC/C=C\C/C=C\C/C=C\C/C=C\CCCCCCC(=O)OCC(COP(=O)(O)OCC(CO)OC(=O)CCCCCCCCCCCCC)OC(=O)CC/C=C\C/C=C\C/C=C\C/C=C\CC. The molecule has 0 aromatic carbocycles. The molecule has 11 nitrogen and oxygen atoms in total. The summed E-state index contributed by atoms with van der Waals surface area (Å²) in [4.78, 5) is 48.3. The number of phosphoric ester groups is 1. The van der Waals surface area contributed by atoms with E-state index in [1.165, 1.54) is 44.9 Å². The number of aliphatic hydroxyl groups is 1. The first-order valence-corrected chi connectivity index (χ1v) is 27.6. The Bertz CT molecular complexity index is 1510. The molecule has 0 bridgehead atoms. The van der Waals surface area contributed by atoms with Crippen molar-refractivity contribution in [3.8, 4) is 0 Å². The van der Waals surface area contributed by atoms with Gasteiger partial charge in [-0.3, -0.25) is 23.4 Å². The summed E-state index contributed by atoms with van der Waals surface area (Å²) in [5.41, 5.74) is 0. The fourth-order valence-corrected chi connectivity index (χ4v) is 7.38. The Balaban J connectivity index is 4.86. The predicted octanol–water partition coefficient (Wildman–Crippen LogP) is 14.9. The van der Waals surface area contributed by atoms with Gasteiger partial charge in [-0.05, 0) is 83.5 Å². The van der Waals surface area contributed by atoms with Crippen LogP contribution in [0.25, 0.3) is 0 Å². The molecule has 388 valence electrons. The Morgan fingerprint density at radius 3 is 1.26 bits per heavy atom. The van der Waals surface area contributed by atoms with Crippen LogP contribution in [0.15, 0.2) is 97.2 Å². The Morgan fingerprint density at radius 2 is 0.794 bits per heavy atom. The number of rotatable bonds is 47. The van der Waals surface area contributed by atoms with Crippen molar-refractivity contribution < 1.29 is 52.2 Å². The van der Waals surface area contributed by atoms with Gasteiger partial charge in [-0.1, -0.05) is 195 Å². The van der Waals surface area contributed by atoms with E-state index in [4.69, 9.17) is 23.3 Å². The van der Waals surface area contributed by atoms with E-state index >= 15 is 0 Å². The highest BCUT2D eigenvalue weighted by molar-refractivity contribution is 7.47. The molecule has 0 aliphatic heterocycles. The summed E-state index contributed by atoms with van der Waals surface area (Å²) in [5.74, 6) is -1.60. The summed E-state index contributed by atoms with van der Waals surface area (Å²) in [6, 6.07) is 0. The second kappa shape index (κ2) is 49.8. The van der Waals surface area contributed by atoms with Crippen molar-refractivity contribution >= 4 is 25.7 Å². The lowest BCUT2D eigenvalue weighted by Crippen LogP contribution is -2.30. The van der Waals surface area contributed by atoms with Gasteiger partial charge < -0.3 is 24.2 Å². The number of ether oxygens (including phenoxy) is 3. The Hall–Kier alpha value is -3.60. The number of hydrogen-bond acceptors (Lipinski definition) is 10. The van der Waals surface area contributed by atoms with Gasteiger partial charge in [0.05, 0.1) is 19.8 Å². The summed E-state index contributed by atoms with van der Waals surface area (Å²) >= 11 is 0. The summed E-state index contributed by atoms with van der Waals surface area (Å²) in [6.45, 7) is 4.27. The Morgan fingerprint density at radius 1 is 0.426 bits per heavy atom. The third-order valence-electron chi connectivity index (χ3n) is 10.5. The normalized spacial score (nSPS) is 14.2. The zero-order valence-corrected chi connectivity index (χ0v) is 43.4. The monoisotopic (exact) mass is 973 g/mol. The molecule has 2 N–H and O–H groups in total. The van der Waals surface area contributed by atoms with E-state index in [0.29, 0.717) is 19.3 Å². The van der Waals surface area contributed by atoms with Crippen LogP contribution in [0.5, 0.6) is 0 Å². The second-order valence-electron chi connectivity index (χ2n) is 16.9. The van der Waals surface area contributed by atoms with Crippen LogP contribution < -0.4 is 0 Å². The number of phosphoric acid groups is 1. The molecular formula is C56H93O11P. The van der Waals surface area contributed by atoms with Crippen molar-refractivity contribution in [3.05, 3.63) is 97.2 Å². The third kappa shape index (κ3) is 47.5. The van der Waals surface area contributed by atoms with Gasteiger partial charge in [0.1, 0.15) is 12.7 Å². The van der Waals surface area contributed by atoms with E-state index in [1.54, 1.807) is 0 Å². The summed E-state index contributed by atoms with van der Waals surface area (Å²) in [7, 11) is -4.77. The second-order valence-corrected chi connectivity index (χ2v) is 18.4. The molecule has 0 aliphatic carbocycles. The number of allylic oxidation sites excluding steroid dienone is 16. The maximum Gasteiger partial charge on any atom is 0.472 e. The Kier molecular flexibility index (Phi) is 47.2. The first-order valence-electron chi connectivity index (χ1n) is 26.1. The molecule has 0 fully saturated rings. The van der Waals surface area contributed by atoms with Gasteiger partial charge in [0.2, 0.25) is 0 Å². The van der Waals surface area contributed by atoms with Gasteiger partial charge >= 0.3 is 25.7 Å². The van der Waals surface area contributed by atoms with Crippen molar-refractivity contribution in [1.29, 1.82) is 0 Å². The van der Waals surface area contributed by atoms with Crippen molar-refractivity contribution in [2.45, 2.75) is 213 Å². The van der Waals surface area contributed by atoms with Gasteiger partial charge in [-0.25, -0.2) is 4.57 Å². The quantitative estimate of drug-likeness (QED) is 0.0197. The van der Waals surface area contributed by atoms with Gasteiger partial charge in [0, 0.05) is 19.3 Å². The minimum atomic E-state index is -4.77. The average molecular weight is 973 g/mol. The molecule has 0 rings (SSSR count). The molecule has 0 radical (unpaired) electrons. The van der Waals surface area contributed by atoms with Crippen LogP contribution in [0.4, 0.5) is 0 Å². The van der Waals surface area contributed by atoms with Crippen LogP contribution in [0.1, 0.15) is 201 Å². The number of carbonyl (C=O) groups excluding carboxylic acids is 3. The molecular weight excluding hydrogens is 880 g/mol. The fourth-order valence-electron chi connectivity index (χ4n) is 6.59. The molecule has 3 unspecified atom stereocenters. The van der Waals surface area contributed by atoms with Crippen LogP contribution in [-0.4, -0.2) is 66.5 Å². The van der Waals surface area contributed by atoms with Crippen LogP contribution >= 0.6 is 7.82 Å². The highest BCUT2D eigenvalue weighted by Crippen LogP contribution is 2.43. The largest absolute Gasteiger partial charge is 0.472 e. The van der Waals surface area contributed by atoms with Gasteiger partial charge in [-0.15, -0.1) is 0 Å². The number of esters is 3. The zero-order chi connectivity index (χ0) is 49.9. The lowest BCUT2D eigenvalue weighted by Gasteiger charge is -2.21. The number of aliphatic hydroxyl groups excluding tert-OH is 1. The molecule has 0 heterocycles. The molecule has 0 aromatic rings. The summed E-state index contributed by atoms with van der Waals surface area (Å²) in [6.07, 6.45) is 56.8. The maximum atomic E-state index is 12.8. The third-order valence-corrected chi connectivity index (χ3v) is 11.5. The molecule has 3 atom stereocenters. The van der Waals surface area contributed by atoms with E-state index in [-0.39, 0.29) is 25.9 Å². The van der Waals surface area contributed by atoms with Gasteiger partial charge in [0.25, 0.3) is 0 Å². The minimum absolute atomic E-state index is 0.0373.